The van der Waals surface area contributed by atoms with Gasteiger partial charge in [0.1, 0.15) is 5.60 Å². The molecule has 1 amide bonds. The van der Waals surface area contributed by atoms with Crippen molar-refractivity contribution < 1.29 is 14.3 Å². The molecule has 0 aliphatic carbocycles. The van der Waals surface area contributed by atoms with Gasteiger partial charge in [-0.3, -0.25) is 14.6 Å². The Morgan fingerprint density at radius 1 is 1.48 bits per heavy atom. The summed E-state index contributed by atoms with van der Waals surface area (Å²) < 4.78 is 12.5. The number of nitrogens with zero attached hydrogens (tertiary/aromatic N) is 2. The van der Waals surface area contributed by atoms with E-state index in [1.54, 1.807) is 11.7 Å². The van der Waals surface area contributed by atoms with E-state index in [1.807, 2.05) is 20.8 Å². The van der Waals surface area contributed by atoms with Crippen molar-refractivity contribution in [3.05, 3.63) is 22.1 Å². The maximum atomic E-state index is 12.0. The minimum atomic E-state index is -0.539. The average molecular weight is 325 g/mol. The van der Waals surface area contributed by atoms with Gasteiger partial charge in [0.25, 0.3) is 5.56 Å². The minimum Gasteiger partial charge on any atom is -0.444 e. The van der Waals surface area contributed by atoms with Crippen molar-refractivity contribution in [2.75, 3.05) is 13.7 Å². The van der Waals surface area contributed by atoms with Crippen LogP contribution in [0, 0.1) is 0 Å². The van der Waals surface area contributed by atoms with Gasteiger partial charge in [-0.05, 0) is 40.0 Å². The number of carbonyl (C=O) groups excluding carboxylic acids is 1. The lowest BCUT2D eigenvalue weighted by molar-refractivity contribution is 0.00328. The van der Waals surface area contributed by atoms with E-state index in [4.69, 9.17) is 9.47 Å². The molecule has 23 heavy (non-hydrogen) atoms. The number of amides is 1. The second kappa shape index (κ2) is 7.21. The third-order valence-corrected chi connectivity index (χ3v) is 3.62. The van der Waals surface area contributed by atoms with Gasteiger partial charge in [-0.2, -0.15) is 0 Å². The molecule has 1 aliphatic heterocycles. The Bertz CT molecular complexity index is 579. The molecule has 1 aromatic rings. The molecule has 1 unspecified atom stereocenters. The van der Waals surface area contributed by atoms with Crippen LogP contribution >= 0.6 is 0 Å². The van der Waals surface area contributed by atoms with Crippen molar-refractivity contribution in [3.8, 4) is 0 Å². The van der Waals surface area contributed by atoms with Gasteiger partial charge in [0.05, 0.1) is 24.9 Å². The monoisotopic (exact) mass is 325 g/mol. The predicted octanol–water partition coefficient (Wildman–Crippen LogP) is 2.11. The van der Waals surface area contributed by atoms with Crippen molar-refractivity contribution in [1.82, 2.24) is 14.7 Å². The van der Waals surface area contributed by atoms with E-state index < -0.39 is 11.7 Å². The molecule has 0 bridgehead atoms. The lowest BCUT2D eigenvalue weighted by atomic mass is 10.1. The Kier molecular flexibility index (Phi) is 5.51. The van der Waals surface area contributed by atoms with Gasteiger partial charge in [-0.25, -0.2) is 4.79 Å². The molecule has 7 heteroatoms. The lowest BCUT2D eigenvalue weighted by Crippen LogP contribution is -2.34. The quantitative estimate of drug-likeness (QED) is 0.920. The molecule has 0 radical (unpaired) electrons. The van der Waals surface area contributed by atoms with Gasteiger partial charge in [-0.15, -0.1) is 0 Å². The average Bonchev–Trinajstić information content (AvgIpc) is 2.78. The molecule has 2 heterocycles. The van der Waals surface area contributed by atoms with Crippen LogP contribution in [0.2, 0.25) is 0 Å². The number of ether oxygens (including phenoxy) is 2. The smallest absolute Gasteiger partial charge is 0.410 e. The van der Waals surface area contributed by atoms with E-state index in [1.165, 1.54) is 11.0 Å². The van der Waals surface area contributed by atoms with Gasteiger partial charge in [0.2, 0.25) is 0 Å². The van der Waals surface area contributed by atoms with Crippen LogP contribution in [0.25, 0.3) is 0 Å². The molecule has 1 fully saturated rings. The largest absolute Gasteiger partial charge is 0.444 e. The summed E-state index contributed by atoms with van der Waals surface area (Å²) in [6, 6.07) is 1.52. The number of carbonyl (C=O) groups is 1. The highest BCUT2D eigenvalue weighted by atomic mass is 16.6. The van der Waals surface area contributed by atoms with Crippen molar-refractivity contribution in [1.29, 1.82) is 0 Å². The zero-order chi connectivity index (χ0) is 17.0. The predicted molar refractivity (Wildman–Crippen MR) is 86.3 cm³/mol. The molecule has 130 valence electrons. The second-order valence-electron chi connectivity index (χ2n) is 7.06. The number of aromatic amines is 1. The second-order valence-corrected chi connectivity index (χ2v) is 7.06. The zero-order valence-corrected chi connectivity index (χ0v) is 14.4. The molecule has 0 saturated carbocycles. The summed E-state index contributed by atoms with van der Waals surface area (Å²) in [6.45, 7) is 7.04. The number of aromatic nitrogens is 2. The normalized spacial score (nSPS) is 18.7. The molecular formula is C16H27N3O4. The third kappa shape index (κ3) is 5.42. The highest BCUT2D eigenvalue weighted by molar-refractivity contribution is 5.67. The summed E-state index contributed by atoms with van der Waals surface area (Å²) >= 11 is 0. The van der Waals surface area contributed by atoms with Crippen molar-refractivity contribution in [2.24, 2.45) is 0 Å². The number of rotatable bonds is 4. The maximum Gasteiger partial charge on any atom is 0.410 e. The standard InChI is InChI=1S/C16H27N3O4/c1-16(2,3)23-15(21)18(4)10-12-9-14(20)19(17-12)11-13-7-5-6-8-22-13/h9,13,17H,5-8,10-11H2,1-4H3. The summed E-state index contributed by atoms with van der Waals surface area (Å²) in [5, 5.41) is 3.05. The number of hydrogen-bond donors (Lipinski definition) is 1. The molecule has 2 rings (SSSR count). The van der Waals surface area contributed by atoms with E-state index >= 15 is 0 Å². The highest BCUT2D eigenvalue weighted by Gasteiger charge is 2.21. The Morgan fingerprint density at radius 2 is 2.22 bits per heavy atom. The summed E-state index contributed by atoms with van der Waals surface area (Å²) in [4.78, 5) is 25.4. The van der Waals surface area contributed by atoms with E-state index in [2.05, 4.69) is 5.10 Å². The third-order valence-electron chi connectivity index (χ3n) is 3.62. The Balaban J connectivity index is 1.94. The topological polar surface area (TPSA) is 76.6 Å². The summed E-state index contributed by atoms with van der Waals surface area (Å²) in [6.07, 6.45) is 2.85. The molecule has 1 saturated heterocycles. The molecule has 7 nitrogen and oxygen atoms in total. The van der Waals surface area contributed by atoms with Crippen molar-refractivity contribution in [2.45, 2.75) is 64.8 Å². The Hall–Kier alpha value is -1.76. The molecule has 1 atom stereocenters. The van der Waals surface area contributed by atoms with E-state index in [9.17, 15) is 9.59 Å². The fourth-order valence-corrected chi connectivity index (χ4v) is 2.52. The first-order valence-electron chi connectivity index (χ1n) is 8.09. The number of nitrogens with one attached hydrogen (secondary N) is 1. The van der Waals surface area contributed by atoms with E-state index in [-0.39, 0.29) is 11.7 Å². The molecule has 1 aromatic heterocycles. The van der Waals surface area contributed by atoms with Crippen LogP contribution in [0.3, 0.4) is 0 Å². The minimum absolute atomic E-state index is 0.0801. The zero-order valence-electron chi connectivity index (χ0n) is 14.4. The van der Waals surface area contributed by atoms with Crippen LogP contribution in [-0.4, -0.2) is 46.1 Å². The summed E-state index contributed by atoms with van der Waals surface area (Å²) in [7, 11) is 1.65. The summed E-state index contributed by atoms with van der Waals surface area (Å²) in [5.74, 6) is 0. The van der Waals surface area contributed by atoms with Crippen LogP contribution in [-0.2, 0) is 22.6 Å². The van der Waals surface area contributed by atoms with Gasteiger partial charge >= 0.3 is 6.09 Å². The van der Waals surface area contributed by atoms with E-state index in [0.717, 1.165) is 25.9 Å². The Morgan fingerprint density at radius 3 is 2.83 bits per heavy atom. The summed E-state index contributed by atoms with van der Waals surface area (Å²) in [5.41, 5.74) is 0.0363. The SMILES string of the molecule is CN(Cc1cc(=O)n(CC2CCCCO2)[nH]1)C(=O)OC(C)(C)C. The first-order valence-corrected chi connectivity index (χ1v) is 8.09. The van der Waals surface area contributed by atoms with Crippen LogP contribution in [0.5, 0.6) is 0 Å². The van der Waals surface area contributed by atoms with Crippen molar-refractivity contribution >= 4 is 6.09 Å². The first kappa shape index (κ1) is 17.6. The number of hydrogen-bond acceptors (Lipinski definition) is 4. The van der Waals surface area contributed by atoms with Gasteiger partial charge < -0.3 is 14.4 Å². The fourth-order valence-electron chi connectivity index (χ4n) is 2.52. The molecule has 1 aliphatic rings. The number of H-pyrrole nitrogens is 1. The fraction of sp³-hybridized carbons (Fsp3) is 0.750. The van der Waals surface area contributed by atoms with Crippen LogP contribution in [0.1, 0.15) is 45.7 Å². The maximum absolute atomic E-state index is 12.0. The molecule has 1 N–H and O–H groups in total. The van der Waals surface area contributed by atoms with Gasteiger partial charge in [0, 0.05) is 19.7 Å². The molecular weight excluding hydrogens is 298 g/mol. The molecule has 0 aromatic carbocycles. The van der Waals surface area contributed by atoms with Crippen LogP contribution in [0.4, 0.5) is 4.79 Å². The molecule has 0 spiro atoms. The van der Waals surface area contributed by atoms with E-state index in [0.29, 0.717) is 18.8 Å². The van der Waals surface area contributed by atoms with Gasteiger partial charge in [-0.1, -0.05) is 0 Å². The lowest BCUT2D eigenvalue weighted by Gasteiger charge is -2.24. The highest BCUT2D eigenvalue weighted by Crippen LogP contribution is 2.14. The Labute approximate surface area is 136 Å². The van der Waals surface area contributed by atoms with Crippen molar-refractivity contribution in [3.63, 3.8) is 0 Å². The van der Waals surface area contributed by atoms with Crippen LogP contribution in [0.15, 0.2) is 10.9 Å². The van der Waals surface area contributed by atoms with Crippen LogP contribution < -0.4 is 5.56 Å². The van der Waals surface area contributed by atoms with Gasteiger partial charge in [0.15, 0.2) is 0 Å². The first-order chi connectivity index (χ1) is 10.7.